The lowest BCUT2D eigenvalue weighted by Crippen LogP contribution is -2.46. The molecule has 1 unspecified atom stereocenters. The van der Waals surface area contributed by atoms with Crippen LogP contribution in [0.5, 0.6) is 0 Å². The summed E-state index contributed by atoms with van der Waals surface area (Å²) >= 11 is 0. The van der Waals surface area contributed by atoms with Crippen molar-refractivity contribution in [3.8, 4) is 0 Å². The number of aryl methyl sites for hydroxylation is 1. The summed E-state index contributed by atoms with van der Waals surface area (Å²) in [5.74, 6) is -0.870. The smallest absolute Gasteiger partial charge is 0.314 e. The lowest BCUT2D eigenvalue weighted by Gasteiger charge is -2.30. The van der Waals surface area contributed by atoms with Crippen LogP contribution >= 0.6 is 0 Å². The Balaban J connectivity index is 2.00. The first-order valence-electron chi connectivity index (χ1n) is 6.59. The molecule has 3 N–H and O–H groups in total. The molecule has 0 spiro atoms. The maximum Gasteiger partial charge on any atom is 0.314 e. The molecule has 1 aliphatic rings. The number of carbonyl (C=O) groups is 2. The van der Waals surface area contributed by atoms with E-state index in [2.05, 4.69) is 5.32 Å². The fourth-order valence-electron chi connectivity index (χ4n) is 2.31. The number of nitrogens with zero attached hydrogens (tertiary/aromatic N) is 1. The summed E-state index contributed by atoms with van der Waals surface area (Å²) in [6.45, 7) is 2.56. The average Bonchev–Trinajstić information content (AvgIpc) is 2.43. The molecule has 1 heterocycles. The van der Waals surface area contributed by atoms with Gasteiger partial charge in [0, 0.05) is 18.8 Å². The Morgan fingerprint density at radius 3 is 2.85 bits per heavy atom. The Morgan fingerprint density at radius 2 is 2.20 bits per heavy atom. The van der Waals surface area contributed by atoms with Gasteiger partial charge in [-0.3, -0.25) is 4.79 Å². The number of rotatable bonds is 2. The van der Waals surface area contributed by atoms with Crippen LogP contribution < -0.4 is 11.1 Å². The van der Waals surface area contributed by atoms with Gasteiger partial charge < -0.3 is 16.0 Å². The molecule has 0 aromatic heterocycles. The third-order valence-corrected chi connectivity index (χ3v) is 3.54. The number of likely N-dealkylation sites (tertiary alicyclic amines) is 1. The van der Waals surface area contributed by atoms with Crippen molar-refractivity contribution in [2.45, 2.75) is 19.8 Å². The largest absolute Gasteiger partial charge is 0.351 e. The van der Waals surface area contributed by atoms with Gasteiger partial charge in [-0.15, -0.1) is 0 Å². The van der Waals surface area contributed by atoms with Gasteiger partial charge in [0.25, 0.3) is 0 Å². The van der Waals surface area contributed by atoms with Gasteiger partial charge >= 0.3 is 6.03 Å². The van der Waals surface area contributed by atoms with Crippen LogP contribution in [0.1, 0.15) is 18.4 Å². The molecule has 1 aliphatic heterocycles. The SMILES string of the molecule is Cc1ccc(NC(=O)C2CCCN(C(N)=O)C2)cc1F. The zero-order valence-electron chi connectivity index (χ0n) is 11.4. The van der Waals surface area contributed by atoms with Crippen molar-refractivity contribution in [2.75, 3.05) is 18.4 Å². The second kappa shape index (κ2) is 5.90. The lowest BCUT2D eigenvalue weighted by molar-refractivity contribution is -0.121. The second-order valence-corrected chi connectivity index (χ2v) is 5.08. The predicted octanol–water partition coefficient (Wildman–Crippen LogP) is 1.86. The van der Waals surface area contributed by atoms with E-state index in [-0.39, 0.29) is 17.6 Å². The fraction of sp³-hybridized carbons (Fsp3) is 0.429. The Bertz CT molecular complexity index is 533. The zero-order valence-corrected chi connectivity index (χ0v) is 11.4. The van der Waals surface area contributed by atoms with E-state index >= 15 is 0 Å². The molecule has 108 valence electrons. The highest BCUT2D eigenvalue weighted by Crippen LogP contribution is 2.19. The minimum atomic E-state index is -0.510. The predicted molar refractivity (Wildman–Crippen MR) is 73.6 cm³/mol. The van der Waals surface area contributed by atoms with Crippen molar-refractivity contribution < 1.29 is 14.0 Å². The molecule has 5 nitrogen and oxygen atoms in total. The van der Waals surface area contributed by atoms with E-state index in [1.807, 2.05) is 0 Å². The summed E-state index contributed by atoms with van der Waals surface area (Å²) in [7, 11) is 0. The summed E-state index contributed by atoms with van der Waals surface area (Å²) in [6.07, 6.45) is 1.44. The van der Waals surface area contributed by atoms with Gasteiger partial charge in [-0.25, -0.2) is 9.18 Å². The maximum absolute atomic E-state index is 13.4. The number of benzene rings is 1. The molecule has 0 bridgehead atoms. The highest BCUT2D eigenvalue weighted by molar-refractivity contribution is 5.93. The standard InChI is InChI=1S/C14H18FN3O2/c1-9-4-5-11(7-12(9)15)17-13(19)10-3-2-6-18(8-10)14(16)20/h4-5,7,10H,2-3,6,8H2,1H3,(H2,16,20)(H,17,19). The highest BCUT2D eigenvalue weighted by atomic mass is 19.1. The summed E-state index contributed by atoms with van der Waals surface area (Å²) in [5.41, 5.74) is 6.18. The number of anilines is 1. The van der Waals surface area contributed by atoms with Crippen LogP contribution in [0, 0.1) is 18.7 Å². The number of piperidine rings is 1. The summed E-state index contributed by atoms with van der Waals surface area (Å²) in [5, 5.41) is 2.68. The summed E-state index contributed by atoms with van der Waals surface area (Å²) in [6, 6.07) is 4.05. The molecule has 0 saturated carbocycles. The van der Waals surface area contributed by atoms with Gasteiger partial charge in [0.2, 0.25) is 5.91 Å². The molecule has 3 amide bonds. The molecule has 1 saturated heterocycles. The number of hydrogen-bond donors (Lipinski definition) is 2. The number of hydrogen-bond acceptors (Lipinski definition) is 2. The Hall–Kier alpha value is -2.11. The molecule has 6 heteroatoms. The minimum absolute atomic E-state index is 0.209. The third-order valence-electron chi connectivity index (χ3n) is 3.54. The van der Waals surface area contributed by atoms with Crippen molar-refractivity contribution in [1.29, 1.82) is 0 Å². The summed E-state index contributed by atoms with van der Waals surface area (Å²) < 4.78 is 13.4. The lowest BCUT2D eigenvalue weighted by atomic mass is 9.97. The van der Waals surface area contributed by atoms with Crippen molar-refractivity contribution in [1.82, 2.24) is 4.90 Å². The van der Waals surface area contributed by atoms with E-state index in [1.165, 1.54) is 11.0 Å². The van der Waals surface area contributed by atoms with E-state index in [1.54, 1.807) is 19.1 Å². The summed E-state index contributed by atoms with van der Waals surface area (Å²) in [4.78, 5) is 24.7. The van der Waals surface area contributed by atoms with Crippen molar-refractivity contribution in [3.05, 3.63) is 29.6 Å². The van der Waals surface area contributed by atoms with Crippen LogP contribution in [0.4, 0.5) is 14.9 Å². The fourth-order valence-corrected chi connectivity index (χ4v) is 2.31. The maximum atomic E-state index is 13.4. The van der Waals surface area contributed by atoms with Crippen LogP contribution in [-0.2, 0) is 4.79 Å². The van der Waals surface area contributed by atoms with E-state index in [4.69, 9.17) is 5.73 Å². The van der Waals surface area contributed by atoms with Gasteiger partial charge in [-0.1, -0.05) is 6.07 Å². The van der Waals surface area contributed by atoms with E-state index in [0.717, 1.165) is 6.42 Å². The molecule has 1 fully saturated rings. The zero-order chi connectivity index (χ0) is 14.7. The van der Waals surface area contributed by atoms with E-state index in [9.17, 15) is 14.0 Å². The number of primary amides is 1. The highest BCUT2D eigenvalue weighted by Gasteiger charge is 2.27. The molecule has 0 aliphatic carbocycles. The Kier molecular flexibility index (Phi) is 4.22. The number of amides is 3. The van der Waals surface area contributed by atoms with Gasteiger partial charge in [0.1, 0.15) is 5.82 Å². The first kappa shape index (κ1) is 14.3. The molecular formula is C14H18FN3O2. The first-order chi connectivity index (χ1) is 9.47. The number of urea groups is 1. The minimum Gasteiger partial charge on any atom is -0.351 e. The normalized spacial score (nSPS) is 18.7. The van der Waals surface area contributed by atoms with E-state index < -0.39 is 6.03 Å². The second-order valence-electron chi connectivity index (χ2n) is 5.08. The van der Waals surface area contributed by atoms with Crippen molar-refractivity contribution >= 4 is 17.6 Å². The molecular weight excluding hydrogens is 261 g/mol. The number of nitrogens with two attached hydrogens (primary N) is 1. The molecule has 1 atom stereocenters. The van der Waals surface area contributed by atoms with Gasteiger partial charge in [-0.05, 0) is 37.5 Å². The monoisotopic (exact) mass is 279 g/mol. The average molecular weight is 279 g/mol. The van der Waals surface area contributed by atoms with Crippen LogP contribution in [0.2, 0.25) is 0 Å². The van der Waals surface area contributed by atoms with Crippen LogP contribution in [0.15, 0.2) is 18.2 Å². The number of nitrogens with one attached hydrogen (secondary N) is 1. The molecule has 1 aromatic carbocycles. The van der Waals surface area contributed by atoms with Gasteiger partial charge in [0.05, 0.1) is 5.92 Å². The van der Waals surface area contributed by atoms with Crippen LogP contribution in [0.25, 0.3) is 0 Å². The van der Waals surface area contributed by atoms with Crippen molar-refractivity contribution in [2.24, 2.45) is 11.7 Å². The van der Waals surface area contributed by atoms with Gasteiger partial charge in [-0.2, -0.15) is 0 Å². The third kappa shape index (κ3) is 3.26. The quantitative estimate of drug-likeness (QED) is 0.867. The Labute approximate surface area is 116 Å². The molecule has 0 radical (unpaired) electrons. The number of halogens is 1. The van der Waals surface area contributed by atoms with Crippen molar-refractivity contribution in [3.63, 3.8) is 0 Å². The number of carbonyl (C=O) groups excluding carboxylic acids is 2. The molecule has 20 heavy (non-hydrogen) atoms. The van der Waals surface area contributed by atoms with Gasteiger partial charge in [0.15, 0.2) is 0 Å². The van der Waals surface area contributed by atoms with E-state index in [0.29, 0.717) is 30.8 Å². The Morgan fingerprint density at radius 1 is 1.45 bits per heavy atom. The first-order valence-corrected chi connectivity index (χ1v) is 6.59. The topological polar surface area (TPSA) is 75.4 Å². The van der Waals surface area contributed by atoms with Crippen LogP contribution in [0.3, 0.4) is 0 Å². The molecule has 2 rings (SSSR count). The van der Waals surface area contributed by atoms with Crippen LogP contribution in [-0.4, -0.2) is 29.9 Å². The molecule has 1 aromatic rings.